The van der Waals surface area contributed by atoms with E-state index in [-0.39, 0.29) is 23.8 Å². The second-order valence-corrected chi connectivity index (χ2v) is 9.63. The van der Waals surface area contributed by atoms with E-state index in [9.17, 15) is 18.0 Å². The van der Waals surface area contributed by atoms with Crippen LogP contribution in [0.1, 0.15) is 55.3 Å². The number of amides is 2. The first-order valence-electron chi connectivity index (χ1n) is 9.99. The number of benzene rings is 1. The van der Waals surface area contributed by atoms with Gasteiger partial charge in [-0.1, -0.05) is 19.3 Å². The van der Waals surface area contributed by atoms with E-state index < -0.39 is 10.0 Å². The van der Waals surface area contributed by atoms with Crippen molar-refractivity contribution < 1.29 is 18.0 Å². The fourth-order valence-electron chi connectivity index (χ4n) is 4.02. The monoisotopic (exact) mass is 407 g/mol. The third-order valence-electron chi connectivity index (χ3n) is 5.47. The van der Waals surface area contributed by atoms with Crippen LogP contribution in [0.25, 0.3) is 0 Å². The van der Waals surface area contributed by atoms with E-state index in [4.69, 9.17) is 0 Å². The summed E-state index contributed by atoms with van der Waals surface area (Å²) in [5.74, 6) is -0.219. The number of nitrogens with one attached hydrogen (secondary N) is 2. The lowest BCUT2D eigenvalue weighted by molar-refractivity contribution is -0.127. The quantitative estimate of drug-likeness (QED) is 0.783. The van der Waals surface area contributed by atoms with Crippen LogP contribution in [-0.2, 0) is 14.8 Å². The van der Waals surface area contributed by atoms with Crippen LogP contribution in [0.5, 0.6) is 0 Å². The van der Waals surface area contributed by atoms with Crippen molar-refractivity contribution >= 4 is 27.5 Å². The maximum atomic E-state index is 12.8. The summed E-state index contributed by atoms with van der Waals surface area (Å²) in [6.45, 7) is 1.07. The topological polar surface area (TPSA) is 95.6 Å². The van der Waals surface area contributed by atoms with Gasteiger partial charge in [0.2, 0.25) is 15.9 Å². The van der Waals surface area contributed by atoms with E-state index in [1.165, 1.54) is 19.3 Å². The van der Waals surface area contributed by atoms with Gasteiger partial charge in [0.25, 0.3) is 5.91 Å². The number of rotatable bonds is 5. The predicted octanol–water partition coefficient (Wildman–Crippen LogP) is 2.36. The van der Waals surface area contributed by atoms with Crippen molar-refractivity contribution in [3.05, 3.63) is 29.8 Å². The van der Waals surface area contributed by atoms with E-state index >= 15 is 0 Å². The van der Waals surface area contributed by atoms with Gasteiger partial charge in [-0.05, 0) is 49.9 Å². The Hall–Kier alpha value is -2.09. The average molecular weight is 408 g/mol. The van der Waals surface area contributed by atoms with Gasteiger partial charge in [-0.15, -0.1) is 0 Å². The molecule has 0 bridgehead atoms. The summed E-state index contributed by atoms with van der Waals surface area (Å²) < 4.78 is 25.0. The van der Waals surface area contributed by atoms with Gasteiger partial charge in [-0.3, -0.25) is 14.3 Å². The minimum Gasteiger partial charge on any atom is -0.353 e. The molecule has 0 unspecified atom stereocenters. The van der Waals surface area contributed by atoms with Gasteiger partial charge in [0.15, 0.2) is 0 Å². The first kappa shape index (κ1) is 20.6. The Morgan fingerprint density at radius 3 is 2.32 bits per heavy atom. The van der Waals surface area contributed by atoms with Crippen molar-refractivity contribution in [2.75, 3.05) is 24.1 Å². The number of carbonyl (C=O) groups is 2. The molecule has 0 aromatic heterocycles. The molecule has 1 aromatic carbocycles. The zero-order chi connectivity index (χ0) is 20.1. The van der Waals surface area contributed by atoms with Crippen molar-refractivity contribution in [1.82, 2.24) is 10.2 Å². The number of anilines is 1. The molecule has 1 aliphatic heterocycles. The molecule has 1 atom stereocenters. The molecule has 1 saturated carbocycles. The first-order valence-corrected chi connectivity index (χ1v) is 11.9. The van der Waals surface area contributed by atoms with E-state index in [1.807, 2.05) is 0 Å². The van der Waals surface area contributed by atoms with Crippen LogP contribution < -0.4 is 10.0 Å². The van der Waals surface area contributed by atoms with Crippen LogP contribution in [0.4, 0.5) is 5.69 Å². The molecule has 2 aliphatic rings. The van der Waals surface area contributed by atoms with Crippen molar-refractivity contribution in [3.8, 4) is 0 Å². The van der Waals surface area contributed by atoms with Crippen LogP contribution in [0.2, 0.25) is 0 Å². The minimum absolute atomic E-state index is 0.0668. The van der Waals surface area contributed by atoms with Crippen LogP contribution in [0.3, 0.4) is 0 Å². The lowest BCUT2D eigenvalue weighted by Crippen LogP contribution is -2.47. The summed E-state index contributed by atoms with van der Waals surface area (Å²) in [6.07, 6.45) is 8.38. The molecule has 2 fully saturated rings. The van der Waals surface area contributed by atoms with Gasteiger partial charge in [-0.2, -0.15) is 0 Å². The molecule has 1 aromatic rings. The molecular weight excluding hydrogens is 378 g/mol. The molecule has 154 valence electrons. The van der Waals surface area contributed by atoms with E-state index in [0.717, 1.165) is 31.9 Å². The molecule has 1 heterocycles. The molecule has 7 nitrogen and oxygen atoms in total. The second kappa shape index (κ2) is 8.94. The standard InChI is InChI=1S/C20H29N3O4S/c1-28(26,27)22-18-11-9-15(10-12-18)20(25)23-13-5-6-16(14-23)19(24)21-17-7-3-2-4-8-17/h9-12,16-17,22H,2-8,13-14H2,1H3,(H,21,24)/t16-/m0/s1. The average Bonchev–Trinajstić information content (AvgIpc) is 2.68. The molecule has 3 rings (SSSR count). The number of carbonyl (C=O) groups excluding carboxylic acids is 2. The first-order chi connectivity index (χ1) is 13.3. The number of nitrogens with zero attached hydrogens (tertiary/aromatic N) is 1. The van der Waals surface area contributed by atoms with Crippen LogP contribution in [0, 0.1) is 5.92 Å². The Balaban J connectivity index is 1.58. The number of piperidine rings is 1. The Morgan fingerprint density at radius 2 is 1.68 bits per heavy atom. The van der Waals surface area contributed by atoms with Crippen molar-refractivity contribution in [1.29, 1.82) is 0 Å². The number of likely N-dealkylation sites (tertiary alicyclic amines) is 1. The fourth-order valence-corrected chi connectivity index (χ4v) is 4.58. The van der Waals surface area contributed by atoms with Crippen LogP contribution in [-0.4, -0.2) is 50.5 Å². The second-order valence-electron chi connectivity index (χ2n) is 7.89. The summed E-state index contributed by atoms with van der Waals surface area (Å²) in [4.78, 5) is 27.2. The van der Waals surface area contributed by atoms with Gasteiger partial charge >= 0.3 is 0 Å². The molecule has 2 N–H and O–H groups in total. The highest BCUT2D eigenvalue weighted by Crippen LogP contribution is 2.22. The number of hydrogen-bond acceptors (Lipinski definition) is 4. The highest BCUT2D eigenvalue weighted by atomic mass is 32.2. The maximum absolute atomic E-state index is 12.8. The van der Waals surface area contributed by atoms with Crippen LogP contribution >= 0.6 is 0 Å². The van der Waals surface area contributed by atoms with E-state index in [0.29, 0.717) is 24.3 Å². The minimum atomic E-state index is -3.35. The summed E-state index contributed by atoms with van der Waals surface area (Å²) in [5, 5.41) is 3.17. The molecule has 1 saturated heterocycles. The Kier molecular flexibility index (Phi) is 6.59. The molecule has 0 radical (unpaired) electrons. The number of hydrogen-bond donors (Lipinski definition) is 2. The molecule has 8 heteroatoms. The largest absolute Gasteiger partial charge is 0.353 e. The third kappa shape index (κ3) is 5.70. The molecule has 2 amide bonds. The van der Waals surface area contributed by atoms with Gasteiger partial charge in [-0.25, -0.2) is 8.42 Å². The SMILES string of the molecule is CS(=O)(=O)Nc1ccc(C(=O)N2CCC[C@H](C(=O)NC3CCCCC3)C2)cc1. The summed E-state index contributed by atoms with van der Waals surface area (Å²) >= 11 is 0. The Morgan fingerprint density at radius 1 is 1.00 bits per heavy atom. The Bertz CT molecular complexity index is 801. The van der Waals surface area contributed by atoms with Crippen LogP contribution in [0.15, 0.2) is 24.3 Å². The molecular formula is C20H29N3O4S. The van der Waals surface area contributed by atoms with Gasteiger partial charge in [0.05, 0.1) is 12.2 Å². The summed E-state index contributed by atoms with van der Waals surface area (Å²) in [5.41, 5.74) is 0.912. The fraction of sp³-hybridized carbons (Fsp3) is 0.600. The zero-order valence-electron chi connectivity index (χ0n) is 16.3. The van der Waals surface area contributed by atoms with Crippen molar-refractivity contribution in [3.63, 3.8) is 0 Å². The van der Waals surface area contributed by atoms with Gasteiger partial charge in [0.1, 0.15) is 0 Å². The maximum Gasteiger partial charge on any atom is 0.253 e. The van der Waals surface area contributed by atoms with Gasteiger partial charge < -0.3 is 10.2 Å². The molecule has 1 aliphatic carbocycles. The molecule has 0 spiro atoms. The number of sulfonamides is 1. The lowest BCUT2D eigenvalue weighted by Gasteiger charge is -2.33. The normalized spacial score (nSPS) is 21.2. The highest BCUT2D eigenvalue weighted by molar-refractivity contribution is 7.92. The van der Waals surface area contributed by atoms with Crippen molar-refractivity contribution in [2.45, 2.75) is 51.0 Å². The summed E-state index contributed by atoms with van der Waals surface area (Å²) in [7, 11) is -3.35. The molecule has 28 heavy (non-hydrogen) atoms. The zero-order valence-corrected chi connectivity index (χ0v) is 17.1. The smallest absolute Gasteiger partial charge is 0.253 e. The Labute approximate surface area is 166 Å². The van der Waals surface area contributed by atoms with E-state index in [1.54, 1.807) is 29.2 Å². The third-order valence-corrected chi connectivity index (χ3v) is 6.07. The highest BCUT2D eigenvalue weighted by Gasteiger charge is 2.30. The summed E-state index contributed by atoms with van der Waals surface area (Å²) in [6, 6.07) is 6.65. The lowest BCUT2D eigenvalue weighted by atomic mass is 9.93. The van der Waals surface area contributed by atoms with Crippen molar-refractivity contribution in [2.24, 2.45) is 5.92 Å². The van der Waals surface area contributed by atoms with E-state index in [2.05, 4.69) is 10.0 Å². The van der Waals surface area contributed by atoms with Gasteiger partial charge in [0, 0.05) is 30.4 Å². The predicted molar refractivity (Wildman–Crippen MR) is 109 cm³/mol.